The molecule has 6 heteroatoms. The van der Waals surface area contributed by atoms with E-state index in [4.69, 9.17) is 27.9 Å². The van der Waals surface area contributed by atoms with Crippen LogP contribution in [0.1, 0.15) is 15.9 Å². The van der Waals surface area contributed by atoms with Crippen molar-refractivity contribution in [3.8, 4) is 5.75 Å². The summed E-state index contributed by atoms with van der Waals surface area (Å²) in [4.78, 5) is 12.1. The number of carbonyl (C=O) groups is 1. The minimum absolute atomic E-state index is 0.0356. The second-order valence-electron chi connectivity index (χ2n) is 4.24. The summed E-state index contributed by atoms with van der Waals surface area (Å²) in [6, 6.07) is 9.49. The molecule has 2 aromatic carbocycles. The predicted molar refractivity (Wildman–Crippen MR) is 80.6 cm³/mol. The number of benzene rings is 2. The SMILES string of the molecule is COc1ccccc1CNC(=O)c1cc(F)c(Cl)cc1Cl. The zero-order valence-corrected chi connectivity index (χ0v) is 12.6. The van der Waals surface area contributed by atoms with Gasteiger partial charge in [0.1, 0.15) is 11.6 Å². The quantitative estimate of drug-likeness (QED) is 0.859. The Hall–Kier alpha value is -1.78. The van der Waals surface area contributed by atoms with Gasteiger partial charge in [0.15, 0.2) is 0 Å². The van der Waals surface area contributed by atoms with E-state index in [2.05, 4.69) is 5.32 Å². The van der Waals surface area contributed by atoms with Gasteiger partial charge in [-0.15, -0.1) is 0 Å². The Balaban J connectivity index is 2.14. The lowest BCUT2D eigenvalue weighted by Gasteiger charge is -2.10. The van der Waals surface area contributed by atoms with Crippen molar-refractivity contribution in [2.24, 2.45) is 0 Å². The van der Waals surface area contributed by atoms with Gasteiger partial charge in [-0.3, -0.25) is 4.79 Å². The number of ether oxygens (including phenoxy) is 1. The van der Waals surface area contributed by atoms with Crippen molar-refractivity contribution in [3.63, 3.8) is 0 Å². The Kier molecular flexibility index (Phi) is 5.04. The summed E-state index contributed by atoms with van der Waals surface area (Å²) in [5.74, 6) is -0.517. The number of halogens is 3. The van der Waals surface area contributed by atoms with Crippen molar-refractivity contribution in [1.29, 1.82) is 0 Å². The number of amides is 1. The minimum Gasteiger partial charge on any atom is -0.496 e. The second kappa shape index (κ2) is 6.78. The summed E-state index contributed by atoms with van der Waals surface area (Å²) in [5, 5.41) is 2.64. The van der Waals surface area contributed by atoms with E-state index in [9.17, 15) is 9.18 Å². The standard InChI is InChI=1S/C15H12Cl2FNO2/c1-21-14-5-3-2-4-9(14)8-19-15(20)10-6-13(18)12(17)7-11(10)16/h2-7H,8H2,1H3,(H,19,20). The third-order valence-corrected chi connectivity index (χ3v) is 3.49. The van der Waals surface area contributed by atoms with Gasteiger partial charge in [-0.2, -0.15) is 0 Å². The van der Waals surface area contributed by atoms with Crippen LogP contribution in [-0.4, -0.2) is 13.0 Å². The smallest absolute Gasteiger partial charge is 0.253 e. The maximum absolute atomic E-state index is 13.4. The van der Waals surface area contributed by atoms with E-state index in [1.807, 2.05) is 18.2 Å². The molecule has 3 nitrogen and oxygen atoms in total. The fourth-order valence-electron chi connectivity index (χ4n) is 1.82. The summed E-state index contributed by atoms with van der Waals surface area (Å²) in [6.45, 7) is 0.240. The highest BCUT2D eigenvalue weighted by Crippen LogP contribution is 2.24. The topological polar surface area (TPSA) is 38.3 Å². The number of rotatable bonds is 4. The van der Waals surface area contributed by atoms with Crippen LogP contribution in [0.3, 0.4) is 0 Å². The Morgan fingerprint density at radius 2 is 1.95 bits per heavy atom. The predicted octanol–water partition coefficient (Wildman–Crippen LogP) is 4.07. The van der Waals surface area contributed by atoms with E-state index in [1.54, 1.807) is 13.2 Å². The van der Waals surface area contributed by atoms with Gasteiger partial charge in [-0.05, 0) is 18.2 Å². The lowest BCUT2D eigenvalue weighted by Crippen LogP contribution is -2.23. The molecule has 0 heterocycles. The molecule has 1 amide bonds. The van der Waals surface area contributed by atoms with E-state index >= 15 is 0 Å². The van der Waals surface area contributed by atoms with E-state index in [1.165, 1.54) is 6.07 Å². The van der Waals surface area contributed by atoms with Gasteiger partial charge in [0.2, 0.25) is 0 Å². The van der Waals surface area contributed by atoms with Crippen molar-refractivity contribution in [2.75, 3.05) is 7.11 Å². The van der Waals surface area contributed by atoms with Crippen LogP contribution in [-0.2, 0) is 6.54 Å². The third-order valence-electron chi connectivity index (χ3n) is 2.89. The van der Waals surface area contributed by atoms with Crippen molar-refractivity contribution < 1.29 is 13.9 Å². The lowest BCUT2D eigenvalue weighted by atomic mass is 10.1. The molecule has 0 atom stereocenters. The van der Waals surface area contributed by atoms with E-state index < -0.39 is 11.7 Å². The molecule has 1 N–H and O–H groups in total. The molecule has 0 aliphatic heterocycles. The van der Waals surface area contributed by atoms with Gasteiger partial charge in [0.05, 0.1) is 22.7 Å². The van der Waals surface area contributed by atoms with Crippen LogP contribution >= 0.6 is 23.2 Å². The number of hydrogen-bond donors (Lipinski definition) is 1. The summed E-state index contributed by atoms with van der Waals surface area (Å²) in [6.07, 6.45) is 0. The zero-order valence-electron chi connectivity index (χ0n) is 11.1. The van der Waals surface area contributed by atoms with Crippen LogP contribution in [0.4, 0.5) is 4.39 Å². The van der Waals surface area contributed by atoms with Gasteiger partial charge in [-0.1, -0.05) is 41.4 Å². The Morgan fingerprint density at radius 1 is 1.24 bits per heavy atom. The molecule has 0 aliphatic carbocycles. The highest BCUT2D eigenvalue weighted by Gasteiger charge is 2.14. The molecule has 0 aliphatic rings. The molecule has 2 rings (SSSR count). The molecule has 0 bridgehead atoms. The average Bonchev–Trinajstić information content (AvgIpc) is 2.48. The maximum Gasteiger partial charge on any atom is 0.253 e. The first kappa shape index (κ1) is 15.6. The molecule has 0 saturated heterocycles. The molecule has 2 aromatic rings. The molecule has 0 aromatic heterocycles. The zero-order chi connectivity index (χ0) is 15.4. The van der Waals surface area contributed by atoms with Crippen LogP contribution in [0.2, 0.25) is 10.0 Å². The van der Waals surface area contributed by atoms with Crippen LogP contribution in [0.15, 0.2) is 36.4 Å². The molecule has 0 unspecified atom stereocenters. The summed E-state index contributed by atoms with van der Waals surface area (Å²) < 4.78 is 18.6. The first-order valence-electron chi connectivity index (χ1n) is 6.07. The van der Waals surface area contributed by atoms with Crippen LogP contribution in [0.5, 0.6) is 5.75 Å². The Labute approximate surface area is 131 Å². The molecular formula is C15H12Cl2FNO2. The maximum atomic E-state index is 13.4. The molecule has 21 heavy (non-hydrogen) atoms. The minimum atomic E-state index is -0.691. The number of hydrogen-bond acceptors (Lipinski definition) is 2. The molecule has 0 spiro atoms. The van der Waals surface area contributed by atoms with Crippen molar-refractivity contribution in [1.82, 2.24) is 5.32 Å². The fraction of sp³-hybridized carbons (Fsp3) is 0.133. The van der Waals surface area contributed by atoms with Gasteiger partial charge in [0, 0.05) is 12.1 Å². The molecule has 110 valence electrons. The number of nitrogens with one attached hydrogen (secondary N) is 1. The van der Waals surface area contributed by atoms with Crippen molar-refractivity contribution in [2.45, 2.75) is 6.54 Å². The van der Waals surface area contributed by atoms with Gasteiger partial charge in [-0.25, -0.2) is 4.39 Å². The van der Waals surface area contributed by atoms with Gasteiger partial charge >= 0.3 is 0 Å². The van der Waals surface area contributed by atoms with Gasteiger partial charge < -0.3 is 10.1 Å². The van der Waals surface area contributed by atoms with Gasteiger partial charge in [0.25, 0.3) is 5.91 Å². The normalized spacial score (nSPS) is 10.3. The van der Waals surface area contributed by atoms with Crippen LogP contribution in [0, 0.1) is 5.82 Å². The highest BCUT2D eigenvalue weighted by molar-refractivity contribution is 6.36. The number of carbonyl (C=O) groups excluding carboxylic acids is 1. The fourth-order valence-corrected chi connectivity index (χ4v) is 2.29. The molecule has 0 radical (unpaired) electrons. The molecule has 0 fully saturated rings. The van der Waals surface area contributed by atoms with Crippen molar-refractivity contribution in [3.05, 3.63) is 63.4 Å². The number of methoxy groups -OCH3 is 1. The van der Waals surface area contributed by atoms with E-state index in [0.29, 0.717) is 5.75 Å². The van der Waals surface area contributed by atoms with E-state index in [-0.39, 0.29) is 22.2 Å². The second-order valence-corrected chi connectivity index (χ2v) is 5.06. The first-order chi connectivity index (χ1) is 10.0. The monoisotopic (exact) mass is 327 g/mol. The van der Waals surface area contributed by atoms with Crippen molar-refractivity contribution >= 4 is 29.1 Å². The van der Waals surface area contributed by atoms with Crippen LogP contribution in [0.25, 0.3) is 0 Å². The van der Waals surface area contributed by atoms with Crippen LogP contribution < -0.4 is 10.1 Å². The average molecular weight is 328 g/mol. The summed E-state index contributed by atoms with van der Waals surface area (Å²) >= 11 is 11.5. The van der Waals surface area contributed by atoms with E-state index in [0.717, 1.165) is 11.6 Å². The molecule has 0 saturated carbocycles. The largest absolute Gasteiger partial charge is 0.496 e. The summed E-state index contributed by atoms with van der Waals surface area (Å²) in [5.41, 5.74) is 0.840. The first-order valence-corrected chi connectivity index (χ1v) is 6.83. The molecular weight excluding hydrogens is 316 g/mol. The highest BCUT2D eigenvalue weighted by atomic mass is 35.5. The summed E-state index contributed by atoms with van der Waals surface area (Å²) in [7, 11) is 1.55. The number of para-hydroxylation sites is 1. The third kappa shape index (κ3) is 3.65. The Morgan fingerprint density at radius 3 is 2.67 bits per heavy atom. The lowest BCUT2D eigenvalue weighted by molar-refractivity contribution is 0.0950. The Bertz CT molecular complexity index is 677.